The summed E-state index contributed by atoms with van der Waals surface area (Å²) in [5.74, 6) is 0. The van der Waals surface area contributed by atoms with Crippen LogP contribution in [-0.2, 0) is 16.8 Å². The van der Waals surface area contributed by atoms with Crippen LogP contribution in [0.5, 0.6) is 0 Å². The zero-order valence-corrected chi connectivity index (χ0v) is 9.25. The fourth-order valence-electron chi connectivity index (χ4n) is 2.00. The number of fused-ring (bicyclic) bond motifs is 1. The Morgan fingerprint density at radius 1 is 1.50 bits per heavy atom. The van der Waals surface area contributed by atoms with Crippen LogP contribution in [0.15, 0.2) is 22.7 Å². The SMILES string of the molecule is O=CC1(O)CCCc2cc(Br)ccc21. The van der Waals surface area contributed by atoms with E-state index < -0.39 is 5.60 Å². The lowest BCUT2D eigenvalue weighted by molar-refractivity contribution is -0.126. The molecule has 1 aromatic rings. The first-order valence-corrected chi connectivity index (χ1v) is 5.43. The van der Waals surface area contributed by atoms with Crippen LogP contribution in [0.1, 0.15) is 24.0 Å². The van der Waals surface area contributed by atoms with Gasteiger partial charge in [0.2, 0.25) is 0 Å². The van der Waals surface area contributed by atoms with Crippen LogP contribution in [0.25, 0.3) is 0 Å². The van der Waals surface area contributed by atoms with Crippen molar-refractivity contribution in [3.05, 3.63) is 33.8 Å². The number of rotatable bonds is 1. The molecule has 0 radical (unpaired) electrons. The van der Waals surface area contributed by atoms with Gasteiger partial charge >= 0.3 is 0 Å². The zero-order valence-electron chi connectivity index (χ0n) is 7.66. The summed E-state index contributed by atoms with van der Waals surface area (Å²) in [5, 5.41) is 10.0. The van der Waals surface area contributed by atoms with E-state index in [0.29, 0.717) is 12.7 Å². The number of benzene rings is 1. The van der Waals surface area contributed by atoms with Gasteiger partial charge in [-0.1, -0.05) is 22.0 Å². The van der Waals surface area contributed by atoms with Gasteiger partial charge in [-0.3, -0.25) is 4.79 Å². The van der Waals surface area contributed by atoms with Gasteiger partial charge < -0.3 is 5.11 Å². The number of halogens is 1. The second-order valence-corrected chi connectivity index (χ2v) is 4.61. The van der Waals surface area contributed by atoms with E-state index in [9.17, 15) is 9.90 Å². The molecule has 2 rings (SSSR count). The fraction of sp³-hybridized carbons (Fsp3) is 0.364. The summed E-state index contributed by atoms with van der Waals surface area (Å²) in [6.07, 6.45) is 2.98. The molecule has 2 nitrogen and oxygen atoms in total. The van der Waals surface area contributed by atoms with Gasteiger partial charge in [-0.25, -0.2) is 0 Å². The van der Waals surface area contributed by atoms with Crippen molar-refractivity contribution in [3.8, 4) is 0 Å². The second kappa shape index (κ2) is 3.48. The molecule has 0 spiro atoms. The van der Waals surface area contributed by atoms with E-state index in [1.54, 1.807) is 0 Å². The Morgan fingerprint density at radius 2 is 2.29 bits per heavy atom. The number of carbonyl (C=O) groups excluding carboxylic acids is 1. The molecule has 0 bridgehead atoms. The van der Waals surface area contributed by atoms with Gasteiger partial charge in [0.25, 0.3) is 0 Å². The Balaban J connectivity index is 2.55. The minimum absolute atomic E-state index is 0.533. The van der Waals surface area contributed by atoms with E-state index in [1.807, 2.05) is 18.2 Å². The minimum Gasteiger partial charge on any atom is -0.378 e. The summed E-state index contributed by atoms with van der Waals surface area (Å²) in [4.78, 5) is 10.9. The lowest BCUT2D eigenvalue weighted by Gasteiger charge is -2.29. The Labute approximate surface area is 91.1 Å². The average molecular weight is 255 g/mol. The highest BCUT2D eigenvalue weighted by Gasteiger charge is 2.33. The number of aldehydes is 1. The average Bonchev–Trinajstić information content (AvgIpc) is 2.18. The Morgan fingerprint density at radius 3 is 3.00 bits per heavy atom. The van der Waals surface area contributed by atoms with Gasteiger partial charge in [0, 0.05) is 4.47 Å². The van der Waals surface area contributed by atoms with E-state index in [-0.39, 0.29) is 0 Å². The van der Waals surface area contributed by atoms with Crippen LogP contribution in [0.2, 0.25) is 0 Å². The first-order valence-electron chi connectivity index (χ1n) is 4.63. The number of hydrogen-bond donors (Lipinski definition) is 1. The maximum atomic E-state index is 10.9. The molecule has 1 unspecified atom stereocenters. The number of aliphatic hydroxyl groups is 1. The van der Waals surface area contributed by atoms with Crippen LogP contribution in [-0.4, -0.2) is 11.4 Å². The standard InChI is InChI=1S/C11H11BrO2/c12-9-3-4-10-8(6-9)2-1-5-11(10,14)7-13/h3-4,6-7,14H,1-2,5H2. The molecule has 0 aromatic heterocycles. The van der Waals surface area contributed by atoms with Crippen LogP contribution in [0, 0.1) is 0 Å². The first-order chi connectivity index (χ1) is 6.65. The predicted molar refractivity (Wildman–Crippen MR) is 57.0 cm³/mol. The molecule has 3 heteroatoms. The van der Waals surface area contributed by atoms with Crippen molar-refractivity contribution < 1.29 is 9.90 Å². The van der Waals surface area contributed by atoms with E-state index in [4.69, 9.17) is 0 Å². The van der Waals surface area contributed by atoms with Crippen molar-refractivity contribution in [3.63, 3.8) is 0 Å². The van der Waals surface area contributed by atoms with E-state index >= 15 is 0 Å². The summed E-state index contributed by atoms with van der Waals surface area (Å²) >= 11 is 3.38. The minimum atomic E-state index is -1.26. The topological polar surface area (TPSA) is 37.3 Å². The summed E-state index contributed by atoms with van der Waals surface area (Å²) < 4.78 is 0.992. The van der Waals surface area contributed by atoms with Crippen molar-refractivity contribution in [1.29, 1.82) is 0 Å². The molecule has 14 heavy (non-hydrogen) atoms. The third kappa shape index (κ3) is 1.51. The van der Waals surface area contributed by atoms with Crippen LogP contribution in [0.4, 0.5) is 0 Å². The Bertz CT molecular complexity index is 376. The van der Waals surface area contributed by atoms with Crippen molar-refractivity contribution in [2.45, 2.75) is 24.9 Å². The molecule has 0 saturated carbocycles. The summed E-state index contributed by atoms with van der Waals surface area (Å²) in [6, 6.07) is 5.66. The number of hydrogen-bond acceptors (Lipinski definition) is 2. The molecule has 0 heterocycles. The van der Waals surface area contributed by atoms with E-state index in [2.05, 4.69) is 15.9 Å². The van der Waals surface area contributed by atoms with Crippen LogP contribution < -0.4 is 0 Å². The molecular weight excluding hydrogens is 244 g/mol. The number of carbonyl (C=O) groups is 1. The maximum absolute atomic E-state index is 10.9. The molecule has 1 aliphatic carbocycles. The lowest BCUT2D eigenvalue weighted by atomic mass is 9.80. The third-order valence-electron chi connectivity index (χ3n) is 2.73. The zero-order chi connectivity index (χ0) is 10.2. The molecule has 1 aliphatic rings. The highest BCUT2D eigenvalue weighted by atomic mass is 79.9. The molecule has 0 aliphatic heterocycles. The first kappa shape index (κ1) is 9.87. The maximum Gasteiger partial charge on any atom is 0.156 e. The highest BCUT2D eigenvalue weighted by molar-refractivity contribution is 9.10. The summed E-state index contributed by atoms with van der Waals surface area (Å²) in [7, 11) is 0. The van der Waals surface area contributed by atoms with Crippen molar-refractivity contribution in [1.82, 2.24) is 0 Å². The smallest absolute Gasteiger partial charge is 0.156 e. The quantitative estimate of drug-likeness (QED) is 0.781. The fourth-order valence-corrected chi connectivity index (χ4v) is 2.41. The molecule has 1 aromatic carbocycles. The van der Waals surface area contributed by atoms with E-state index in [1.165, 1.54) is 0 Å². The van der Waals surface area contributed by atoms with E-state index in [0.717, 1.165) is 28.4 Å². The van der Waals surface area contributed by atoms with Crippen LogP contribution >= 0.6 is 15.9 Å². The largest absolute Gasteiger partial charge is 0.378 e. The Hall–Kier alpha value is -0.670. The van der Waals surface area contributed by atoms with Gasteiger partial charge in [0.05, 0.1) is 0 Å². The van der Waals surface area contributed by atoms with Crippen molar-refractivity contribution in [2.24, 2.45) is 0 Å². The molecule has 1 N–H and O–H groups in total. The van der Waals surface area contributed by atoms with Crippen molar-refractivity contribution in [2.75, 3.05) is 0 Å². The third-order valence-corrected chi connectivity index (χ3v) is 3.23. The number of aryl methyl sites for hydroxylation is 1. The molecular formula is C11H11BrO2. The summed E-state index contributed by atoms with van der Waals surface area (Å²) in [6.45, 7) is 0. The van der Waals surface area contributed by atoms with Gasteiger partial charge in [-0.05, 0) is 42.5 Å². The van der Waals surface area contributed by atoms with Crippen LogP contribution in [0.3, 0.4) is 0 Å². The van der Waals surface area contributed by atoms with Gasteiger partial charge in [-0.2, -0.15) is 0 Å². The monoisotopic (exact) mass is 254 g/mol. The van der Waals surface area contributed by atoms with Gasteiger partial charge in [-0.15, -0.1) is 0 Å². The highest BCUT2D eigenvalue weighted by Crippen LogP contribution is 2.34. The van der Waals surface area contributed by atoms with Gasteiger partial charge in [0.1, 0.15) is 5.60 Å². The lowest BCUT2D eigenvalue weighted by Crippen LogP contribution is -2.32. The second-order valence-electron chi connectivity index (χ2n) is 3.70. The van der Waals surface area contributed by atoms with Crippen molar-refractivity contribution >= 4 is 22.2 Å². The molecule has 0 amide bonds. The molecule has 0 saturated heterocycles. The molecule has 0 fully saturated rings. The molecule has 1 atom stereocenters. The Kier molecular flexibility index (Phi) is 2.45. The normalized spacial score (nSPS) is 25.6. The van der Waals surface area contributed by atoms with Gasteiger partial charge in [0.15, 0.2) is 6.29 Å². The molecule has 74 valence electrons. The predicted octanol–water partition coefficient (Wildman–Crippen LogP) is 2.17. The summed E-state index contributed by atoms with van der Waals surface area (Å²) in [5.41, 5.74) is 0.580.